The standard InChI is InChI=1S/C8H8N2/c1-2-3-7-4-5-8(9)10-6-7/h1,4-6H,3H2,(H2,9,10). The van der Waals surface area contributed by atoms with Crippen LogP contribution in [0.15, 0.2) is 18.3 Å². The Kier molecular flexibility index (Phi) is 1.91. The molecular weight excluding hydrogens is 124 g/mol. The van der Waals surface area contributed by atoms with Crippen molar-refractivity contribution < 1.29 is 0 Å². The first kappa shape index (κ1) is 6.63. The topological polar surface area (TPSA) is 38.9 Å². The Bertz CT molecular complexity index is 243. The van der Waals surface area contributed by atoms with Crippen LogP contribution in [-0.2, 0) is 6.42 Å². The number of terminal acetylenes is 1. The largest absolute Gasteiger partial charge is 0.384 e. The summed E-state index contributed by atoms with van der Waals surface area (Å²) >= 11 is 0. The van der Waals surface area contributed by atoms with Crippen molar-refractivity contribution in [2.24, 2.45) is 0 Å². The van der Waals surface area contributed by atoms with Crippen molar-refractivity contribution in [3.8, 4) is 12.3 Å². The van der Waals surface area contributed by atoms with Crippen molar-refractivity contribution in [3.63, 3.8) is 0 Å². The van der Waals surface area contributed by atoms with Gasteiger partial charge in [-0.05, 0) is 11.6 Å². The van der Waals surface area contributed by atoms with Gasteiger partial charge in [0.2, 0.25) is 0 Å². The molecule has 0 aliphatic rings. The van der Waals surface area contributed by atoms with Crippen LogP contribution in [0.3, 0.4) is 0 Å². The summed E-state index contributed by atoms with van der Waals surface area (Å²) in [5.41, 5.74) is 6.38. The van der Waals surface area contributed by atoms with Crippen molar-refractivity contribution in [1.82, 2.24) is 4.98 Å². The molecule has 0 atom stereocenters. The van der Waals surface area contributed by atoms with E-state index in [9.17, 15) is 0 Å². The van der Waals surface area contributed by atoms with Crippen LogP contribution in [0.2, 0.25) is 0 Å². The molecule has 0 unspecified atom stereocenters. The molecule has 1 rings (SSSR count). The quantitative estimate of drug-likeness (QED) is 0.575. The van der Waals surface area contributed by atoms with Crippen LogP contribution in [0.25, 0.3) is 0 Å². The molecular formula is C8H8N2. The number of nitrogens with zero attached hydrogens (tertiary/aromatic N) is 1. The van der Waals surface area contributed by atoms with E-state index in [0.717, 1.165) is 5.56 Å². The first-order valence-corrected chi connectivity index (χ1v) is 2.97. The third-order valence-electron chi connectivity index (χ3n) is 1.15. The summed E-state index contributed by atoms with van der Waals surface area (Å²) in [5, 5.41) is 0. The summed E-state index contributed by atoms with van der Waals surface area (Å²) < 4.78 is 0. The Morgan fingerprint density at radius 3 is 2.90 bits per heavy atom. The van der Waals surface area contributed by atoms with E-state index in [2.05, 4.69) is 10.9 Å². The highest BCUT2D eigenvalue weighted by Gasteiger charge is 1.88. The Labute approximate surface area is 60.1 Å². The zero-order chi connectivity index (χ0) is 7.40. The normalized spacial score (nSPS) is 8.70. The van der Waals surface area contributed by atoms with Gasteiger partial charge >= 0.3 is 0 Å². The summed E-state index contributed by atoms with van der Waals surface area (Å²) in [7, 11) is 0. The molecule has 0 aliphatic heterocycles. The molecule has 1 aromatic heterocycles. The maximum atomic E-state index is 5.36. The lowest BCUT2D eigenvalue weighted by atomic mass is 10.2. The van der Waals surface area contributed by atoms with Crippen LogP contribution in [0.5, 0.6) is 0 Å². The molecule has 0 aromatic carbocycles. The van der Waals surface area contributed by atoms with E-state index in [4.69, 9.17) is 12.2 Å². The Morgan fingerprint density at radius 2 is 2.40 bits per heavy atom. The summed E-state index contributed by atoms with van der Waals surface area (Å²) in [6.45, 7) is 0. The van der Waals surface area contributed by atoms with Crippen LogP contribution in [0.4, 0.5) is 5.82 Å². The molecule has 1 heterocycles. The fourth-order valence-corrected chi connectivity index (χ4v) is 0.658. The van der Waals surface area contributed by atoms with Crippen LogP contribution in [0.1, 0.15) is 5.56 Å². The van der Waals surface area contributed by atoms with Crippen LogP contribution in [0, 0.1) is 12.3 Å². The summed E-state index contributed by atoms with van der Waals surface area (Å²) in [4.78, 5) is 3.88. The first-order chi connectivity index (χ1) is 4.83. The second-order valence-electron chi connectivity index (χ2n) is 1.97. The van der Waals surface area contributed by atoms with Crippen LogP contribution >= 0.6 is 0 Å². The lowest BCUT2D eigenvalue weighted by molar-refractivity contribution is 1.22. The first-order valence-electron chi connectivity index (χ1n) is 2.97. The molecule has 0 fully saturated rings. The van der Waals surface area contributed by atoms with Gasteiger partial charge in [-0.25, -0.2) is 4.98 Å². The minimum absolute atomic E-state index is 0.528. The van der Waals surface area contributed by atoms with Crippen molar-refractivity contribution >= 4 is 5.82 Å². The van der Waals surface area contributed by atoms with E-state index < -0.39 is 0 Å². The van der Waals surface area contributed by atoms with Gasteiger partial charge in [0.25, 0.3) is 0 Å². The third kappa shape index (κ3) is 1.49. The molecule has 0 spiro atoms. The maximum absolute atomic E-state index is 5.36. The van der Waals surface area contributed by atoms with E-state index >= 15 is 0 Å². The van der Waals surface area contributed by atoms with Gasteiger partial charge in [0, 0.05) is 12.6 Å². The minimum Gasteiger partial charge on any atom is -0.384 e. The smallest absolute Gasteiger partial charge is 0.123 e. The summed E-state index contributed by atoms with van der Waals surface area (Å²) in [5.74, 6) is 3.05. The van der Waals surface area contributed by atoms with Crippen molar-refractivity contribution in [1.29, 1.82) is 0 Å². The number of rotatable bonds is 1. The molecule has 2 N–H and O–H groups in total. The molecule has 0 saturated carbocycles. The molecule has 0 amide bonds. The highest BCUT2D eigenvalue weighted by Crippen LogP contribution is 2.00. The van der Waals surface area contributed by atoms with Crippen molar-refractivity contribution in [2.45, 2.75) is 6.42 Å². The number of anilines is 1. The SMILES string of the molecule is C#CCc1ccc(N)nc1. The number of pyridine rings is 1. The summed E-state index contributed by atoms with van der Waals surface area (Å²) in [6.07, 6.45) is 7.40. The second-order valence-corrected chi connectivity index (χ2v) is 1.97. The Morgan fingerprint density at radius 1 is 1.60 bits per heavy atom. The number of aromatic nitrogens is 1. The monoisotopic (exact) mass is 132 g/mol. The highest BCUT2D eigenvalue weighted by atomic mass is 14.8. The van der Waals surface area contributed by atoms with Crippen molar-refractivity contribution in [2.75, 3.05) is 5.73 Å². The Hall–Kier alpha value is -1.49. The van der Waals surface area contributed by atoms with Crippen molar-refractivity contribution in [3.05, 3.63) is 23.9 Å². The molecule has 2 nitrogen and oxygen atoms in total. The van der Waals surface area contributed by atoms with E-state index in [-0.39, 0.29) is 0 Å². The predicted octanol–water partition coefficient (Wildman–Crippen LogP) is 0.839. The van der Waals surface area contributed by atoms with Gasteiger partial charge < -0.3 is 5.73 Å². The molecule has 0 radical (unpaired) electrons. The van der Waals surface area contributed by atoms with E-state index in [1.54, 1.807) is 12.3 Å². The zero-order valence-corrected chi connectivity index (χ0v) is 5.54. The Balaban J connectivity index is 2.81. The van der Waals surface area contributed by atoms with E-state index in [0.29, 0.717) is 12.2 Å². The molecule has 0 bridgehead atoms. The number of nitrogens with two attached hydrogens (primary N) is 1. The van der Waals surface area contributed by atoms with Gasteiger partial charge in [-0.2, -0.15) is 0 Å². The number of hydrogen-bond donors (Lipinski definition) is 1. The van der Waals surface area contributed by atoms with Gasteiger partial charge in [-0.1, -0.05) is 6.07 Å². The van der Waals surface area contributed by atoms with Gasteiger partial charge in [0.05, 0.1) is 0 Å². The third-order valence-corrected chi connectivity index (χ3v) is 1.15. The van der Waals surface area contributed by atoms with Crippen LogP contribution < -0.4 is 5.73 Å². The van der Waals surface area contributed by atoms with E-state index in [1.165, 1.54) is 0 Å². The predicted molar refractivity (Wildman–Crippen MR) is 41.2 cm³/mol. The lowest BCUT2D eigenvalue weighted by Crippen LogP contribution is -1.90. The van der Waals surface area contributed by atoms with Gasteiger partial charge in [-0.15, -0.1) is 12.3 Å². The molecule has 50 valence electrons. The lowest BCUT2D eigenvalue weighted by Gasteiger charge is -1.93. The van der Waals surface area contributed by atoms with Gasteiger partial charge in [0.15, 0.2) is 0 Å². The molecule has 0 aliphatic carbocycles. The molecule has 1 aromatic rings. The number of hydrogen-bond acceptors (Lipinski definition) is 2. The molecule has 0 saturated heterocycles. The summed E-state index contributed by atoms with van der Waals surface area (Å²) in [6, 6.07) is 3.62. The average molecular weight is 132 g/mol. The fourth-order valence-electron chi connectivity index (χ4n) is 0.658. The zero-order valence-electron chi connectivity index (χ0n) is 5.54. The van der Waals surface area contributed by atoms with Gasteiger partial charge in [-0.3, -0.25) is 0 Å². The molecule has 10 heavy (non-hydrogen) atoms. The second kappa shape index (κ2) is 2.88. The number of nitrogen functional groups attached to an aromatic ring is 1. The van der Waals surface area contributed by atoms with E-state index in [1.807, 2.05) is 6.07 Å². The maximum Gasteiger partial charge on any atom is 0.123 e. The highest BCUT2D eigenvalue weighted by molar-refractivity contribution is 5.30. The average Bonchev–Trinajstić information content (AvgIpc) is 1.95. The molecule has 2 heteroatoms. The van der Waals surface area contributed by atoms with Crippen LogP contribution in [-0.4, -0.2) is 4.98 Å². The minimum atomic E-state index is 0.528. The fraction of sp³-hybridized carbons (Fsp3) is 0.125. The van der Waals surface area contributed by atoms with Gasteiger partial charge in [0.1, 0.15) is 5.82 Å².